The fraction of sp³-hybridized carbons (Fsp3) is 0.214. The number of aliphatic carboxylic acids is 1. The number of nitrogens with one attached hydrogen (secondary N) is 3. The van der Waals surface area contributed by atoms with Gasteiger partial charge in [-0.1, -0.05) is 30.3 Å². The predicted octanol–water partition coefficient (Wildman–Crippen LogP) is 1.99. The molecule has 1 aromatic heterocycles. The summed E-state index contributed by atoms with van der Waals surface area (Å²) < 4.78 is 5.39. The summed E-state index contributed by atoms with van der Waals surface area (Å²) in [7, 11) is 0. The molecule has 7 nitrogen and oxygen atoms in total. The summed E-state index contributed by atoms with van der Waals surface area (Å²) >= 11 is 4.86. The number of carboxylic acids is 1. The van der Waals surface area contributed by atoms with Gasteiger partial charge in [0.25, 0.3) is 0 Å². The molecule has 0 saturated carbocycles. The van der Waals surface area contributed by atoms with Crippen LogP contribution in [0.15, 0.2) is 36.5 Å². The molecule has 2 rings (SSSR count). The van der Waals surface area contributed by atoms with Crippen LogP contribution in [0.3, 0.4) is 0 Å². The molecule has 0 radical (unpaired) electrons. The van der Waals surface area contributed by atoms with E-state index in [9.17, 15) is 9.59 Å². The lowest BCUT2D eigenvalue weighted by Crippen LogP contribution is -2.42. The molecule has 1 atom stereocenters. The van der Waals surface area contributed by atoms with Gasteiger partial charge in [-0.3, -0.25) is 0 Å². The molecule has 0 aliphatic rings. The topological polar surface area (TPSA) is 107 Å². The number of imidazole rings is 1. The standard InChI is InChI=1S/C14H15N3O4S/c18-12(19)11(6-10-7-15-13(22)16-10)17-14(20)21-8-9-4-2-1-3-5-9/h1-5,7,11H,6,8H2,(H,17,20)(H,18,19)(H2,15,16,22)/t11-/m0/s1. The highest BCUT2D eigenvalue weighted by Crippen LogP contribution is 2.03. The molecule has 4 N–H and O–H groups in total. The molecule has 0 aliphatic carbocycles. The number of carboxylic acid groups (broad SMARTS) is 1. The number of hydrogen-bond donors (Lipinski definition) is 4. The van der Waals surface area contributed by atoms with Gasteiger partial charge in [0.2, 0.25) is 0 Å². The molecule has 1 amide bonds. The Balaban J connectivity index is 1.88. The van der Waals surface area contributed by atoms with Crippen molar-refractivity contribution in [2.75, 3.05) is 0 Å². The van der Waals surface area contributed by atoms with Crippen LogP contribution in [0.1, 0.15) is 11.3 Å². The van der Waals surface area contributed by atoms with Crippen LogP contribution in [0.4, 0.5) is 4.79 Å². The molecule has 1 heterocycles. The van der Waals surface area contributed by atoms with Gasteiger partial charge in [-0.2, -0.15) is 0 Å². The van der Waals surface area contributed by atoms with E-state index in [-0.39, 0.29) is 13.0 Å². The zero-order chi connectivity index (χ0) is 15.9. The number of carbonyl (C=O) groups excluding carboxylic acids is 1. The molecular weight excluding hydrogens is 306 g/mol. The molecule has 0 spiro atoms. The van der Waals surface area contributed by atoms with Crippen molar-refractivity contribution in [1.29, 1.82) is 0 Å². The summed E-state index contributed by atoms with van der Waals surface area (Å²) in [5, 5.41) is 11.5. The summed E-state index contributed by atoms with van der Waals surface area (Å²) in [4.78, 5) is 28.4. The number of rotatable bonds is 6. The summed E-state index contributed by atoms with van der Waals surface area (Å²) in [5.74, 6) is -1.16. The molecule has 2 aromatic rings. The number of carbonyl (C=O) groups is 2. The smallest absolute Gasteiger partial charge is 0.408 e. The lowest BCUT2D eigenvalue weighted by Gasteiger charge is -2.13. The number of benzene rings is 1. The van der Waals surface area contributed by atoms with Gasteiger partial charge in [-0.25, -0.2) is 9.59 Å². The second-order valence-corrected chi connectivity index (χ2v) is 4.98. The Bertz CT molecular complexity index is 695. The zero-order valence-electron chi connectivity index (χ0n) is 11.5. The van der Waals surface area contributed by atoms with Crippen molar-refractivity contribution < 1.29 is 19.4 Å². The van der Waals surface area contributed by atoms with Gasteiger partial charge in [0.1, 0.15) is 12.6 Å². The molecule has 1 aromatic carbocycles. The van der Waals surface area contributed by atoms with Gasteiger partial charge >= 0.3 is 12.1 Å². The van der Waals surface area contributed by atoms with Crippen LogP contribution in [0.2, 0.25) is 0 Å². The predicted molar refractivity (Wildman–Crippen MR) is 80.9 cm³/mol. The number of H-pyrrole nitrogens is 2. The van der Waals surface area contributed by atoms with Crippen molar-refractivity contribution in [3.8, 4) is 0 Å². The highest BCUT2D eigenvalue weighted by molar-refractivity contribution is 7.71. The first-order chi connectivity index (χ1) is 10.5. The van der Waals surface area contributed by atoms with E-state index in [4.69, 9.17) is 22.1 Å². The van der Waals surface area contributed by atoms with E-state index in [0.29, 0.717) is 10.5 Å². The minimum atomic E-state index is -1.16. The number of aromatic nitrogens is 2. The molecule has 0 aliphatic heterocycles. The van der Waals surface area contributed by atoms with Crippen LogP contribution < -0.4 is 5.32 Å². The average Bonchev–Trinajstić information content (AvgIpc) is 2.91. The summed E-state index contributed by atoms with van der Waals surface area (Å²) in [6, 6.07) is 8.01. The molecular formula is C14H15N3O4S. The second kappa shape index (κ2) is 7.41. The van der Waals surface area contributed by atoms with Crippen molar-refractivity contribution in [2.24, 2.45) is 0 Å². The van der Waals surface area contributed by atoms with E-state index in [1.54, 1.807) is 6.20 Å². The number of alkyl carbamates (subject to hydrolysis) is 1. The van der Waals surface area contributed by atoms with Crippen LogP contribution in [0, 0.1) is 4.77 Å². The van der Waals surface area contributed by atoms with Gasteiger partial charge < -0.3 is 25.1 Å². The fourth-order valence-corrected chi connectivity index (χ4v) is 2.00. The maximum atomic E-state index is 11.7. The Morgan fingerprint density at radius 3 is 2.64 bits per heavy atom. The number of ether oxygens (including phenoxy) is 1. The fourth-order valence-electron chi connectivity index (χ4n) is 1.81. The van der Waals surface area contributed by atoms with E-state index in [1.165, 1.54) is 0 Å². The first-order valence-corrected chi connectivity index (χ1v) is 6.92. The van der Waals surface area contributed by atoms with E-state index in [0.717, 1.165) is 5.56 Å². The Morgan fingerprint density at radius 2 is 2.05 bits per heavy atom. The summed E-state index contributed by atoms with van der Waals surface area (Å²) in [6.45, 7) is 0.0750. The normalized spacial score (nSPS) is 11.6. The first-order valence-electron chi connectivity index (χ1n) is 6.51. The van der Waals surface area contributed by atoms with Crippen LogP contribution in [0.25, 0.3) is 0 Å². The monoisotopic (exact) mass is 321 g/mol. The largest absolute Gasteiger partial charge is 0.480 e. The molecule has 116 valence electrons. The van der Waals surface area contributed by atoms with Crippen LogP contribution in [-0.2, 0) is 22.6 Å². The minimum Gasteiger partial charge on any atom is -0.480 e. The van der Waals surface area contributed by atoms with Crippen molar-refractivity contribution >= 4 is 24.3 Å². The molecule has 22 heavy (non-hydrogen) atoms. The Morgan fingerprint density at radius 1 is 1.32 bits per heavy atom. The van der Waals surface area contributed by atoms with Crippen LogP contribution >= 0.6 is 12.2 Å². The maximum absolute atomic E-state index is 11.7. The maximum Gasteiger partial charge on any atom is 0.408 e. The Labute approximate surface area is 131 Å². The van der Waals surface area contributed by atoms with Crippen LogP contribution in [-0.4, -0.2) is 33.2 Å². The Hall–Kier alpha value is -2.61. The molecule has 0 bridgehead atoms. The number of aromatic amines is 2. The zero-order valence-corrected chi connectivity index (χ0v) is 12.4. The summed E-state index contributed by atoms with van der Waals surface area (Å²) in [5.41, 5.74) is 1.40. The number of hydrogen-bond acceptors (Lipinski definition) is 4. The second-order valence-electron chi connectivity index (χ2n) is 4.57. The minimum absolute atomic E-state index is 0.0723. The highest BCUT2D eigenvalue weighted by Gasteiger charge is 2.21. The van der Waals surface area contributed by atoms with Crippen molar-refractivity contribution in [1.82, 2.24) is 15.3 Å². The van der Waals surface area contributed by atoms with Gasteiger partial charge in [0, 0.05) is 18.3 Å². The van der Waals surface area contributed by atoms with Crippen molar-refractivity contribution in [2.45, 2.75) is 19.1 Å². The molecule has 0 saturated heterocycles. The average molecular weight is 321 g/mol. The molecule has 0 unspecified atom stereocenters. The quantitative estimate of drug-likeness (QED) is 0.609. The third kappa shape index (κ3) is 4.74. The SMILES string of the molecule is O=C(N[C@@H](Cc1c[nH]c(=S)[nH]1)C(=O)O)OCc1ccccc1. The van der Waals surface area contributed by atoms with E-state index in [2.05, 4.69) is 15.3 Å². The van der Waals surface area contributed by atoms with Gasteiger partial charge in [-0.05, 0) is 17.8 Å². The van der Waals surface area contributed by atoms with E-state index in [1.807, 2.05) is 30.3 Å². The van der Waals surface area contributed by atoms with Gasteiger partial charge in [-0.15, -0.1) is 0 Å². The van der Waals surface area contributed by atoms with Crippen molar-refractivity contribution in [3.05, 3.63) is 52.6 Å². The van der Waals surface area contributed by atoms with E-state index < -0.39 is 18.1 Å². The van der Waals surface area contributed by atoms with Crippen molar-refractivity contribution in [3.63, 3.8) is 0 Å². The molecule has 0 fully saturated rings. The number of amides is 1. The van der Waals surface area contributed by atoms with Gasteiger partial charge in [0.15, 0.2) is 4.77 Å². The Kier molecular flexibility index (Phi) is 5.31. The van der Waals surface area contributed by atoms with E-state index >= 15 is 0 Å². The lowest BCUT2D eigenvalue weighted by atomic mass is 10.2. The van der Waals surface area contributed by atoms with Crippen LogP contribution in [0.5, 0.6) is 0 Å². The first kappa shape index (κ1) is 15.8. The lowest BCUT2D eigenvalue weighted by molar-refractivity contribution is -0.139. The molecule has 8 heteroatoms. The van der Waals surface area contributed by atoms with Gasteiger partial charge in [0.05, 0.1) is 0 Å². The third-order valence-electron chi connectivity index (χ3n) is 2.88. The third-order valence-corrected chi connectivity index (χ3v) is 3.10. The highest BCUT2D eigenvalue weighted by atomic mass is 32.1. The summed E-state index contributed by atoms with van der Waals surface area (Å²) in [6.07, 6.45) is 0.850.